The number of hydrogen-bond acceptors (Lipinski definition) is 4. The van der Waals surface area contributed by atoms with E-state index in [1.807, 2.05) is 0 Å². The number of aromatic nitrogens is 4. The van der Waals surface area contributed by atoms with Crippen LogP contribution < -0.4 is 9.58 Å². The summed E-state index contributed by atoms with van der Waals surface area (Å²) in [5.74, 6) is 0. The molecule has 0 unspecified atom stereocenters. The summed E-state index contributed by atoms with van der Waals surface area (Å²) in [4.78, 5) is 3.89. The number of fused-ring (bicyclic) bond motifs is 1. The summed E-state index contributed by atoms with van der Waals surface area (Å²) in [6.45, 7) is 0. The maximum atomic E-state index is 11.0. The Kier molecular flexibility index (Phi) is 1.26. The Morgan fingerprint density at radius 2 is 2.17 bits per heavy atom. The first-order chi connectivity index (χ1) is 5.79. The van der Waals surface area contributed by atoms with E-state index in [0.29, 0.717) is 10.1 Å². The zero-order valence-electron chi connectivity index (χ0n) is 5.91. The molecule has 0 atom stereocenters. The predicted octanol–water partition coefficient (Wildman–Crippen LogP) is -1.10. The fourth-order valence-corrected chi connectivity index (χ4v) is 0.955. The Balaban J connectivity index is 2.96. The van der Waals surface area contributed by atoms with Crippen LogP contribution in [0.15, 0.2) is 24.8 Å². The highest BCUT2D eigenvalue weighted by Gasteiger charge is 2.10. The minimum Gasteiger partial charge on any atom is -0.675 e. The van der Waals surface area contributed by atoms with Gasteiger partial charge in [-0.1, -0.05) is 9.94 Å². The molecule has 6 nitrogen and oxygen atoms in total. The average molecular weight is 164 g/mol. The molecule has 2 aromatic heterocycles. The van der Waals surface area contributed by atoms with Crippen LogP contribution >= 0.6 is 0 Å². The lowest BCUT2D eigenvalue weighted by atomic mass is 10.4. The van der Waals surface area contributed by atoms with Gasteiger partial charge in [-0.3, -0.25) is 0 Å². The average Bonchev–Trinajstić information content (AvgIpc) is 2.04. The van der Waals surface area contributed by atoms with Crippen LogP contribution in [-0.2, 0) is 0 Å². The Labute approximate surface area is 66.9 Å². The van der Waals surface area contributed by atoms with Crippen molar-refractivity contribution < 1.29 is 9.58 Å². The monoisotopic (exact) mass is 164 g/mol. The molecule has 12 heavy (non-hydrogen) atoms. The second-order valence-corrected chi connectivity index (χ2v) is 2.20. The van der Waals surface area contributed by atoms with E-state index in [-0.39, 0.29) is 10.5 Å². The van der Waals surface area contributed by atoms with Crippen LogP contribution in [0.3, 0.4) is 0 Å². The molecule has 60 valence electrons. The Hall–Kier alpha value is -1.98. The van der Waals surface area contributed by atoms with Crippen LogP contribution in [0, 0.1) is 10.4 Å². The normalized spacial score (nSPS) is 10.3. The molecule has 6 heteroatoms. The van der Waals surface area contributed by atoms with Crippen molar-refractivity contribution in [2.75, 3.05) is 0 Å². The molecule has 0 aliphatic heterocycles. The number of hydrogen-bond donors (Lipinski definition) is 0. The smallest absolute Gasteiger partial charge is 0.386 e. The molecule has 0 bridgehead atoms. The summed E-state index contributed by atoms with van der Waals surface area (Å²) in [5.41, 5.74) is -0.0486. The summed E-state index contributed by atoms with van der Waals surface area (Å²) in [7, 11) is 0. The van der Waals surface area contributed by atoms with Crippen LogP contribution in [0.1, 0.15) is 0 Å². The van der Waals surface area contributed by atoms with Crippen LogP contribution in [0.4, 0.5) is 0 Å². The van der Waals surface area contributed by atoms with Gasteiger partial charge in [0.1, 0.15) is 5.39 Å². The van der Waals surface area contributed by atoms with E-state index in [4.69, 9.17) is 0 Å². The van der Waals surface area contributed by atoms with E-state index < -0.39 is 0 Å². The van der Waals surface area contributed by atoms with Crippen LogP contribution in [-0.4, -0.2) is 10.1 Å². The van der Waals surface area contributed by atoms with E-state index in [2.05, 4.69) is 10.1 Å². The first-order valence-electron chi connectivity index (χ1n) is 3.21. The minimum atomic E-state index is -0.0486. The van der Waals surface area contributed by atoms with Crippen molar-refractivity contribution >= 4 is 11.0 Å². The zero-order chi connectivity index (χ0) is 8.55. The summed E-state index contributed by atoms with van der Waals surface area (Å²) < 4.78 is 0.384. The van der Waals surface area contributed by atoms with Crippen LogP contribution in [0.2, 0.25) is 0 Å². The molecular formula is C6H4N4O2. The summed E-state index contributed by atoms with van der Waals surface area (Å²) in [6.07, 6.45) is 3.76. The van der Waals surface area contributed by atoms with Crippen molar-refractivity contribution in [1.29, 1.82) is 0 Å². The molecule has 2 heterocycles. The number of rotatable bonds is 0. The van der Waals surface area contributed by atoms with Gasteiger partial charge in [-0.05, 0) is 6.07 Å². The molecule has 2 rings (SSSR count). The standard InChI is InChI=1S/C6H4N4O2/c11-9-4-7-3-5-1-2-8-10(12)6(5)9/h1-4H. The van der Waals surface area contributed by atoms with E-state index in [0.717, 1.165) is 6.33 Å². The Morgan fingerprint density at radius 1 is 1.33 bits per heavy atom. The van der Waals surface area contributed by atoms with Crippen molar-refractivity contribution in [3.8, 4) is 0 Å². The maximum absolute atomic E-state index is 11.0. The fourth-order valence-electron chi connectivity index (χ4n) is 0.955. The van der Waals surface area contributed by atoms with Gasteiger partial charge in [0.05, 0.1) is 6.20 Å². The second-order valence-electron chi connectivity index (χ2n) is 2.20. The zero-order valence-corrected chi connectivity index (χ0v) is 5.91. The molecule has 0 N–H and O–H groups in total. The molecule has 0 aliphatic carbocycles. The minimum absolute atomic E-state index is 0.0486. The highest BCUT2D eigenvalue weighted by atomic mass is 16.5. The molecule has 0 saturated carbocycles. The van der Waals surface area contributed by atoms with Gasteiger partial charge in [-0.25, -0.2) is 0 Å². The summed E-state index contributed by atoms with van der Waals surface area (Å²) in [5, 5.41) is 25.8. The van der Waals surface area contributed by atoms with Crippen molar-refractivity contribution in [2.45, 2.75) is 0 Å². The SMILES string of the molecule is [O-][n+]1cncc2ccn[n+]([O-])c21. The second kappa shape index (κ2) is 2.26. The molecule has 2 aromatic rings. The van der Waals surface area contributed by atoms with Gasteiger partial charge in [0.2, 0.25) is 0 Å². The van der Waals surface area contributed by atoms with Gasteiger partial charge >= 0.3 is 12.0 Å². The third kappa shape index (κ3) is 0.815. The van der Waals surface area contributed by atoms with Gasteiger partial charge in [-0.15, -0.1) is 4.73 Å². The van der Waals surface area contributed by atoms with Crippen molar-refractivity contribution in [2.24, 2.45) is 0 Å². The third-order valence-electron chi connectivity index (χ3n) is 1.46. The first kappa shape index (κ1) is 6.71. The van der Waals surface area contributed by atoms with Crippen LogP contribution in [0.5, 0.6) is 0 Å². The van der Waals surface area contributed by atoms with Gasteiger partial charge in [0, 0.05) is 4.98 Å². The van der Waals surface area contributed by atoms with E-state index in [1.165, 1.54) is 12.4 Å². The first-order valence-corrected chi connectivity index (χ1v) is 3.21. The lowest BCUT2D eigenvalue weighted by Gasteiger charge is -2.01. The van der Waals surface area contributed by atoms with Crippen LogP contribution in [0.25, 0.3) is 11.0 Å². The molecule has 0 spiro atoms. The third-order valence-corrected chi connectivity index (χ3v) is 1.46. The molecule has 0 saturated heterocycles. The predicted molar refractivity (Wildman–Crippen MR) is 37.5 cm³/mol. The van der Waals surface area contributed by atoms with Gasteiger partial charge < -0.3 is 10.4 Å². The molecule has 0 aliphatic rings. The molecule has 0 amide bonds. The van der Waals surface area contributed by atoms with Crippen molar-refractivity contribution in [3.05, 3.63) is 35.2 Å². The lowest BCUT2D eigenvalue weighted by molar-refractivity contribution is -0.727. The molecular weight excluding hydrogens is 160 g/mol. The molecule has 0 aromatic carbocycles. The Morgan fingerprint density at radius 3 is 2.92 bits per heavy atom. The Bertz CT molecular complexity index is 394. The molecule has 0 fully saturated rings. The van der Waals surface area contributed by atoms with Crippen molar-refractivity contribution in [3.63, 3.8) is 0 Å². The largest absolute Gasteiger partial charge is 0.675 e. The van der Waals surface area contributed by atoms with Gasteiger partial charge in [0.25, 0.3) is 0 Å². The van der Waals surface area contributed by atoms with Gasteiger partial charge in [-0.2, -0.15) is 0 Å². The fraction of sp³-hybridized carbons (Fsp3) is 0. The summed E-state index contributed by atoms with van der Waals surface area (Å²) in [6, 6.07) is 1.55. The van der Waals surface area contributed by atoms with Gasteiger partial charge in [0.15, 0.2) is 6.20 Å². The quantitative estimate of drug-likeness (QED) is 0.365. The maximum Gasteiger partial charge on any atom is 0.386 e. The molecule has 0 radical (unpaired) electrons. The van der Waals surface area contributed by atoms with Crippen molar-refractivity contribution in [1.82, 2.24) is 10.1 Å². The van der Waals surface area contributed by atoms with E-state index >= 15 is 0 Å². The summed E-state index contributed by atoms with van der Waals surface area (Å²) >= 11 is 0. The van der Waals surface area contributed by atoms with E-state index in [9.17, 15) is 10.4 Å². The van der Waals surface area contributed by atoms with E-state index in [1.54, 1.807) is 6.07 Å². The highest BCUT2D eigenvalue weighted by molar-refractivity contribution is 5.66. The topological polar surface area (TPSA) is 79.7 Å². The highest BCUT2D eigenvalue weighted by Crippen LogP contribution is 1.98. The lowest BCUT2D eigenvalue weighted by Crippen LogP contribution is -2.43. The number of nitrogens with zero attached hydrogens (tertiary/aromatic N) is 4.